The van der Waals surface area contributed by atoms with Crippen LogP contribution < -0.4 is 5.32 Å². The van der Waals surface area contributed by atoms with Crippen molar-refractivity contribution in [3.8, 4) is 0 Å². The fourth-order valence-corrected chi connectivity index (χ4v) is 3.31. The highest BCUT2D eigenvalue weighted by atomic mass is 32.1. The predicted molar refractivity (Wildman–Crippen MR) is 83.6 cm³/mol. The number of nitrogens with one attached hydrogen (secondary N) is 1. The second-order valence-electron chi connectivity index (χ2n) is 5.64. The highest BCUT2D eigenvalue weighted by Crippen LogP contribution is 2.22. The minimum absolute atomic E-state index is 0.0167. The van der Waals surface area contributed by atoms with Gasteiger partial charge in [-0.3, -0.25) is 9.59 Å². The lowest BCUT2D eigenvalue weighted by Crippen LogP contribution is -2.41. The number of carbonyl (C=O) groups is 2. The third kappa shape index (κ3) is 4.64. The topological polar surface area (TPSA) is 55.4 Å². The van der Waals surface area contributed by atoms with E-state index in [9.17, 15) is 9.59 Å². The number of carbonyl (C=O) groups excluding carboxylic acids is 2. The standard InChI is InChI=1S/C16H23NO3S/c1-3-13-10-12(6-7-20-13)16(19)17-11(2)9-14(18)15-5-4-8-21-15/h4-5,8,11-13H,3,6-7,9-10H2,1-2H3,(H,17,19). The van der Waals surface area contributed by atoms with Crippen molar-refractivity contribution >= 4 is 23.0 Å². The van der Waals surface area contributed by atoms with Gasteiger partial charge in [0, 0.05) is 25.0 Å². The summed E-state index contributed by atoms with van der Waals surface area (Å²) in [6, 6.07) is 3.56. The molecule has 1 fully saturated rings. The third-order valence-electron chi connectivity index (χ3n) is 3.87. The first-order valence-corrected chi connectivity index (χ1v) is 8.46. The van der Waals surface area contributed by atoms with Gasteiger partial charge in [-0.05, 0) is 37.6 Å². The predicted octanol–water partition coefficient (Wildman–Crippen LogP) is 3.03. The van der Waals surface area contributed by atoms with E-state index in [0.29, 0.717) is 13.0 Å². The molecule has 1 aromatic heterocycles. The highest BCUT2D eigenvalue weighted by molar-refractivity contribution is 7.12. The Morgan fingerprint density at radius 3 is 3.00 bits per heavy atom. The first-order chi connectivity index (χ1) is 10.1. The van der Waals surface area contributed by atoms with Crippen LogP contribution in [0.1, 0.15) is 49.2 Å². The molecule has 21 heavy (non-hydrogen) atoms. The van der Waals surface area contributed by atoms with Gasteiger partial charge in [0.2, 0.25) is 5.91 Å². The second kappa shape index (κ2) is 7.71. The Labute approximate surface area is 129 Å². The van der Waals surface area contributed by atoms with Gasteiger partial charge in [-0.25, -0.2) is 0 Å². The molecule has 2 heterocycles. The van der Waals surface area contributed by atoms with E-state index in [1.807, 2.05) is 24.4 Å². The zero-order chi connectivity index (χ0) is 15.2. The highest BCUT2D eigenvalue weighted by Gasteiger charge is 2.28. The molecule has 1 aliphatic rings. The summed E-state index contributed by atoms with van der Waals surface area (Å²) in [5.74, 6) is 0.169. The monoisotopic (exact) mass is 309 g/mol. The van der Waals surface area contributed by atoms with E-state index >= 15 is 0 Å². The first-order valence-electron chi connectivity index (χ1n) is 7.58. The van der Waals surface area contributed by atoms with E-state index in [0.717, 1.165) is 24.1 Å². The molecule has 1 amide bonds. The quantitative estimate of drug-likeness (QED) is 0.822. The summed E-state index contributed by atoms with van der Waals surface area (Å²) >= 11 is 1.44. The summed E-state index contributed by atoms with van der Waals surface area (Å²) in [5, 5.41) is 4.87. The SMILES string of the molecule is CCC1CC(C(=O)NC(C)CC(=O)c2cccs2)CCO1. The van der Waals surface area contributed by atoms with Crippen LogP contribution in [0.4, 0.5) is 0 Å². The van der Waals surface area contributed by atoms with Crippen molar-refractivity contribution in [2.45, 2.75) is 51.7 Å². The van der Waals surface area contributed by atoms with Crippen LogP contribution in [0.25, 0.3) is 0 Å². The van der Waals surface area contributed by atoms with E-state index in [2.05, 4.69) is 12.2 Å². The summed E-state index contributed by atoms with van der Waals surface area (Å²) < 4.78 is 5.59. The average molecular weight is 309 g/mol. The Bertz CT molecular complexity index is 472. The third-order valence-corrected chi connectivity index (χ3v) is 4.78. The van der Waals surface area contributed by atoms with Crippen molar-refractivity contribution in [3.05, 3.63) is 22.4 Å². The lowest BCUT2D eigenvalue weighted by Gasteiger charge is -2.29. The van der Waals surface area contributed by atoms with Gasteiger partial charge < -0.3 is 10.1 Å². The minimum atomic E-state index is -0.130. The molecule has 0 bridgehead atoms. The molecule has 3 atom stereocenters. The van der Waals surface area contributed by atoms with Crippen LogP contribution in [0.3, 0.4) is 0 Å². The van der Waals surface area contributed by atoms with Crippen molar-refractivity contribution in [2.24, 2.45) is 5.92 Å². The van der Waals surface area contributed by atoms with Crippen LogP contribution in [-0.4, -0.2) is 30.4 Å². The summed E-state index contributed by atoms with van der Waals surface area (Å²) in [6.45, 7) is 4.62. The Kier molecular flexibility index (Phi) is 5.94. The fourth-order valence-electron chi connectivity index (χ4n) is 2.63. The van der Waals surface area contributed by atoms with Crippen molar-refractivity contribution in [2.75, 3.05) is 6.61 Å². The van der Waals surface area contributed by atoms with E-state index in [-0.39, 0.29) is 29.8 Å². The average Bonchev–Trinajstić information content (AvgIpc) is 3.01. The number of hydrogen-bond donors (Lipinski definition) is 1. The van der Waals surface area contributed by atoms with Crippen LogP contribution in [0.2, 0.25) is 0 Å². The molecule has 2 rings (SSSR count). The number of rotatable bonds is 6. The number of thiophene rings is 1. The normalized spacial score (nSPS) is 23.5. The molecule has 0 spiro atoms. The lowest BCUT2D eigenvalue weighted by atomic mass is 9.93. The summed E-state index contributed by atoms with van der Waals surface area (Å²) in [4.78, 5) is 25.0. The van der Waals surface area contributed by atoms with Crippen molar-refractivity contribution < 1.29 is 14.3 Å². The van der Waals surface area contributed by atoms with Gasteiger partial charge in [-0.2, -0.15) is 0 Å². The van der Waals surface area contributed by atoms with Crippen molar-refractivity contribution in [1.29, 1.82) is 0 Å². The zero-order valence-corrected chi connectivity index (χ0v) is 13.4. The number of amides is 1. The molecule has 5 heteroatoms. The van der Waals surface area contributed by atoms with Crippen molar-refractivity contribution in [1.82, 2.24) is 5.32 Å². The van der Waals surface area contributed by atoms with E-state index < -0.39 is 0 Å². The number of hydrogen-bond acceptors (Lipinski definition) is 4. The molecule has 116 valence electrons. The summed E-state index contributed by atoms with van der Waals surface area (Å²) in [7, 11) is 0. The van der Waals surface area contributed by atoms with Gasteiger partial charge in [0.1, 0.15) is 0 Å². The van der Waals surface area contributed by atoms with Crippen LogP contribution in [0.15, 0.2) is 17.5 Å². The molecule has 4 nitrogen and oxygen atoms in total. The number of Topliss-reactive ketones (excluding diaryl/α,β-unsaturated/α-hetero) is 1. The van der Waals surface area contributed by atoms with E-state index in [4.69, 9.17) is 4.74 Å². The molecule has 1 aliphatic heterocycles. The molecule has 0 saturated carbocycles. The van der Waals surface area contributed by atoms with Crippen LogP contribution >= 0.6 is 11.3 Å². The summed E-state index contributed by atoms with van der Waals surface area (Å²) in [6.07, 6.45) is 3.04. The molecule has 0 aromatic carbocycles. The molecule has 1 N–H and O–H groups in total. The van der Waals surface area contributed by atoms with Gasteiger partial charge in [0.05, 0.1) is 11.0 Å². The van der Waals surface area contributed by atoms with Crippen LogP contribution in [0, 0.1) is 5.92 Å². The Hall–Kier alpha value is -1.20. The van der Waals surface area contributed by atoms with Crippen molar-refractivity contribution in [3.63, 3.8) is 0 Å². The zero-order valence-electron chi connectivity index (χ0n) is 12.6. The fraction of sp³-hybridized carbons (Fsp3) is 0.625. The van der Waals surface area contributed by atoms with Crippen LogP contribution in [0.5, 0.6) is 0 Å². The molecule has 1 aromatic rings. The maximum atomic E-state index is 12.3. The van der Waals surface area contributed by atoms with Gasteiger partial charge in [0.15, 0.2) is 5.78 Å². The Balaban J connectivity index is 1.80. The van der Waals surface area contributed by atoms with Gasteiger partial charge >= 0.3 is 0 Å². The van der Waals surface area contributed by atoms with Gasteiger partial charge in [-0.1, -0.05) is 13.0 Å². The maximum absolute atomic E-state index is 12.3. The molecule has 0 radical (unpaired) electrons. The van der Waals surface area contributed by atoms with E-state index in [1.165, 1.54) is 11.3 Å². The van der Waals surface area contributed by atoms with Crippen LogP contribution in [-0.2, 0) is 9.53 Å². The number of ether oxygens (including phenoxy) is 1. The number of ketones is 1. The largest absolute Gasteiger partial charge is 0.378 e. The van der Waals surface area contributed by atoms with Gasteiger partial charge in [0.25, 0.3) is 0 Å². The molecular weight excluding hydrogens is 286 g/mol. The Morgan fingerprint density at radius 1 is 1.52 bits per heavy atom. The maximum Gasteiger partial charge on any atom is 0.223 e. The molecule has 0 aliphatic carbocycles. The van der Waals surface area contributed by atoms with E-state index in [1.54, 1.807) is 0 Å². The second-order valence-corrected chi connectivity index (χ2v) is 6.58. The smallest absolute Gasteiger partial charge is 0.223 e. The summed E-state index contributed by atoms with van der Waals surface area (Å²) in [5.41, 5.74) is 0. The lowest BCUT2D eigenvalue weighted by molar-refractivity contribution is -0.130. The Morgan fingerprint density at radius 2 is 2.33 bits per heavy atom. The molecular formula is C16H23NO3S. The minimum Gasteiger partial charge on any atom is -0.378 e. The molecule has 1 saturated heterocycles. The van der Waals surface area contributed by atoms with Gasteiger partial charge in [-0.15, -0.1) is 11.3 Å². The molecule has 3 unspecified atom stereocenters. The first kappa shape index (κ1) is 16.2.